The lowest BCUT2D eigenvalue weighted by Gasteiger charge is -2.16. The summed E-state index contributed by atoms with van der Waals surface area (Å²) in [5.74, 6) is 0. The Morgan fingerprint density at radius 3 is 2.71 bits per heavy atom. The van der Waals surface area contributed by atoms with E-state index in [1.807, 2.05) is 13.8 Å². The lowest BCUT2D eigenvalue weighted by Crippen LogP contribution is -2.27. The molecule has 1 N–H and O–H groups in total. The first-order valence-corrected chi connectivity index (χ1v) is 6.16. The minimum absolute atomic E-state index is 0.0159. The fourth-order valence-corrected chi connectivity index (χ4v) is 2.06. The smallest absolute Gasteiger partial charge is 0.287 e. The highest BCUT2D eigenvalue weighted by Gasteiger charge is 2.15. The van der Waals surface area contributed by atoms with Crippen LogP contribution in [0.3, 0.4) is 0 Å². The van der Waals surface area contributed by atoms with Gasteiger partial charge in [0.2, 0.25) is 0 Å². The molecule has 92 valence electrons. The van der Waals surface area contributed by atoms with Crippen LogP contribution in [-0.2, 0) is 0 Å². The molecule has 1 aromatic rings. The molecule has 0 aliphatic heterocycles. The zero-order valence-corrected chi connectivity index (χ0v) is 10.7. The van der Waals surface area contributed by atoms with E-state index in [0.29, 0.717) is 11.7 Å². The maximum atomic E-state index is 11.9. The second kappa shape index (κ2) is 4.92. The third kappa shape index (κ3) is 2.52. The fourth-order valence-electron chi connectivity index (χ4n) is 1.87. The molecule has 1 aliphatic carbocycles. The van der Waals surface area contributed by atoms with Crippen LogP contribution in [0, 0.1) is 0 Å². The normalized spacial score (nSPS) is 15.8. The van der Waals surface area contributed by atoms with Gasteiger partial charge in [0, 0.05) is 6.04 Å². The SMILES string of the molecule is CC(C)n1ncc(NC2CC=CC2)c(Cl)c1=O. The summed E-state index contributed by atoms with van der Waals surface area (Å²) in [5, 5.41) is 7.59. The Bertz CT molecular complexity index is 485. The van der Waals surface area contributed by atoms with Crippen molar-refractivity contribution in [2.45, 2.75) is 38.8 Å². The van der Waals surface area contributed by atoms with Gasteiger partial charge in [0.25, 0.3) is 5.56 Å². The number of halogens is 1. The van der Waals surface area contributed by atoms with E-state index in [2.05, 4.69) is 22.6 Å². The van der Waals surface area contributed by atoms with E-state index in [4.69, 9.17) is 11.6 Å². The van der Waals surface area contributed by atoms with Crippen LogP contribution >= 0.6 is 11.6 Å². The molecule has 1 heterocycles. The van der Waals surface area contributed by atoms with Gasteiger partial charge in [-0.2, -0.15) is 5.10 Å². The van der Waals surface area contributed by atoms with Crippen LogP contribution in [0.2, 0.25) is 5.02 Å². The second-order valence-corrected chi connectivity index (χ2v) is 4.88. The molecule has 0 fully saturated rings. The van der Waals surface area contributed by atoms with Crippen molar-refractivity contribution in [3.8, 4) is 0 Å². The Morgan fingerprint density at radius 2 is 2.12 bits per heavy atom. The van der Waals surface area contributed by atoms with Crippen molar-refractivity contribution in [3.63, 3.8) is 0 Å². The van der Waals surface area contributed by atoms with Gasteiger partial charge >= 0.3 is 0 Å². The largest absolute Gasteiger partial charge is 0.379 e. The number of nitrogens with one attached hydrogen (secondary N) is 1. The fraction of sp³-hybridized carbons (Fsp3) is 0.500. The molecule has 1 aliphatic rings. The van der Waals surface area contributed by atoms with Gasteiger partial charge < -0.3 is 5.32 Å². The maximum absolute atomic E-state index is 11.9. The van der Waals surface area contributed by atoms with Gasteiger partial charge in [-0.05, 0) is 26.7 Å². The zero-order valence-electron chi connectivity index (χ0n) is 9.98. The van der Waals surface area contributed by atoms with Crippen molar-refractivity contribution in [2.75, 3.05) is 5.32 Å². The quantitative estimate of drug-likeness (QED) is 0.843. The highest BCUT2D eigenvalue weighted by molar-refractivity contribution is 6.32. The highest BCUT2D eigenvalue weighted by atomic mass is 35.5. The van der Waals surface area contributed by atoms with Gasteiger partial charge in [-0.25, -0.2) is 4.68 Å². The van der Waals surface area contributed by atoms with Gasteiger partial charge in [-0.3, -0.25) is 4.79 Å². The summed E-state index contributed by atoms with van der Waals surface area (Å²) in [5.41, 5.74) is 0.389. The molecule has 0 radical (unpaired) electrons. The van der Waals surface area contributed by atoms with E-state index in [1.165, 1.54) is 4.68 Å². The molecular formula is C12H16ClN3O. The Morgan fingerprint density at radius 1 is 1.47 bits per heavy atom. The molecule has 0 amide bonds. The Labute approximate surface area is 105 Å². The maximum Gasteiger partial charge on any atom is 0.287 e. The van der Waals surface area contributed by atoms with Gasteiger partial charge in [-0.1, -0.05) is 23.8 Å². The molecular weight excluding hydrogens is 238 g/mol. The highest BCUT2D eigenvalue weighted by Crippen LogP contribution is 2.21. The zero-order chi connectivity index (χ0) is 12.4. The third-order valence-corrected chi connectivity index (χ3v) is 3.17. The summed E-state index contributed by atoms with van der Waals surface area (Å²) in [6.45, 7) is 3.80. The molecule has 4 nitrogen and oxygen atoms in total. The van der Waals surface area contributed by atoms with E-state index in [-0.39, 0.29) is 16.6 Å². The number of nitrogens with zero attached hydrogens (tertiary/aromatic N) is 2. The number of hydrogen-bond acceptors (Lipinski definition) is 3. The first-order valence-electron chi connectivity index (χ1n) is 5.78. The number of aromatic nitrogens is 2. The van der Waals surface area contributed by atoms with Crippen molar-refractivity contribution in [1.82, 2.24) is 9.78 Å². The summed E-state index contributed by atoms with van der Waals surface area (Å²) >= 11 is 6.06. The Balaban J connectivity index is 2.24. The first-order chi connectivity index (χ1) is 8.09. The van der Waals surface area contributed by atoms with Gasteiger partial charge in [0.15, 0.2) is 0 Å². The molecule has 0 saturated heterocycles. The minimum Gasteiger partial charge on any atom is -0.379 e. The third-order valence-electron chi connectivity index (χ3n) is 2.80. The summed E-state index contributed by atoms with van der Waals surface area (Å²) in [7, 11) is 0. The average molecular weight is 254 g/mol. The van der Waals surface area contributed by atoms with Crippen molar-refractivity contribution >= 4 is 17.3 Å². The van der Waals surface area contributed by atoms with Crippen molar-refractivity contribution in [2.24, 2.45) is 0 Å². The van der Waals surface area contributed by atoms with Gasteiger partial charge in [0.05, 0.1) is 17.9 Å². The molecule has 0 unspecified atom stereocenters. The molecule has 17 heavy (non-hydrogen) atoms. The van der Waals surface area contributed by atoms with E-state index >= 15 is 0 Å². The monoisotopic (exact) mass is 253 g/mol. The average Bonchev–Trinajstić information content (AvgIpc) is 2.77. The summed E-state index contributed by atoms with van der Waals surface area (Å²) in [6, 6.07) is 0.339. The minimum atomic E-state index is -0.238. The van der Waals surface area contributed by atoms with E-state index in [1.54, 1.807) is 6.20 Å². The van der Waals surface area contributed by atoms with Crippen LogP contribution in [0.4, 0.5) is 5.69 Å². The van der Waals surface area contributed by atoms with Crippen LogP contribution in [0.5, 0.6) is 0 Å². The van der Waals surface area contributed by atoms with Crippen molar-refractivity contribution < 1.29 is 0 Å². The topological polar surface area (TPSA) is 46.9 Å². The van der Waals surface area contributed by atoms with E-state index in [9.17, 15) is 4.79 Å². The van der Waals surface area contributed by atoms with E-state index < -0.39 is 0 Å². The predicted molar refractivity (Wildman–Crippen MR) is 69.7 cm³/mol. The molecule has 1 aromatic heterocycles. The van der Waals surface area contributed by atoms with Crippen molar-refractivity contribution in [3.05, 3.63) is 33.7 Å². The lowest BCUT2D eigenvalue weighted by atomic mass is 10.2. The molecule has 2 rings (SSSR count). The Hall–Kier alpha value is -1.29. The summed E-state index contributed by atoms with van der Waals surface area (Å²) in [6.07, 6.45) is 7.79. The molecule has 5 heteroatoms. The number of anilines is 1. The van der Waals surface area contributed by atoms with Crippen LogP contribution < -0.4 is 10.9 Å². The molecule has 0 spiro atoms. The summed E-state index contributed by atoms with van der Waals surface area (Å²) in [4.78, 5) is 11.9. The van der Waals surface area contributed by atoms with Gasteiger partial charge in [-0.15, -0.1) is 0 Å². The van der Waals surface area contributed by atoms with Crippen LogP contribution in [0.1, 0.15) is 32.7 Å². The molecule has 0 aromatic carbocycles. The number of rotatable bonds is 3. The first kappa shape index (κ1) is 12.2. The van der Waals surface area contributed by atoms with Crippen LogP contribution in [0.25, 0.3) is 0 Å². The predicted octanol–water partition coefficient (Wildman–Crippen LogP) is 2.61. The van der Waals surface area contributed by atoms with Crippen LogP contribution in [0.15, 0.2) is 23.1 Å². The summed E-state index contributed by atoms with van der Waals surface area (Å²) < 4.78 is 1.39. The van der Waals surface area contributed by atoms with E-state index in [0.717, 1.165) is 12.8 Å². The molecule has 0 atom stereocenters. The standard InChI is InChI=1S/C12H16ClN3O/c1-8(2)16-12(17)11(13)10(7-14-16)15-9-5-3-4-6-9/h3-4,7-9,15H,5-6H2,1-2H3. The second-order valence-electron chi connectivity index (χ2n) is 4.50. The van der Waals surface area contributed by atoms with Gasteiger partial charge in [0.1, 0.15) is 5.02 Å². The molecule has 0 saturated carbocycles. The lowest BCUT2D eigenvalue weighted by molar-refractivity contribution is 0.503. The van der Waals surface area contributed by atoms with Crippen LogP contribution in [-0.4, -0.2) is 15.8 Å². The number of hydrogen-bond donors (Lipinski definition) is 1. The van der Waals surface area contributed by atoms with Crippen molar-refractivity contribution in [1.29, 1.82) is 0 Å². The molecule has 0 bridgehead atoms. The Kier molecular flexibility index (Phi) is 3.52.